The number of ether oxygens (including phenoxy) is 1. The molecule has 0 saturated carbocycles. The Bertz CT molecular complexity index is 1000. The summed E-state index contributed by atoms with van der Waals surface area (Å²) < 4.78 is 5.61. The van der Waals surface area contributed by atoms with Crippen LogP contribution in [0.25, 0.3) is 0 Å². The molecule has 0 fully saturated rings. The van der Waals surface area contributed by atoms with Gasteiger partial charge in [0, 0.05) is 18.4 Å². The monoisotopic (exact) mass is 404 g/mol. The number of nitriles is 1. The Kier molecular flexibility index (Phi) is 7.16. The second kappa shape index (κ2) is 10.2. The Hall–Kier alpha value is -3.67. The molecule has 1 aromatic heterocycles. The molecule has 8 heteroatoms. The number of anilines is 4. The normalized spacial score (nSPS) is 11.6. The van der Waals surface area contributed by atoms with Crippen LogP contribution < -0.4 is 15.4 Å². The predicted octanol–water partition coefficient (Wildman–Crippen LogP) is 3.14. The lowest BCUT2D eigenvalue weighted by atomic mass is 10.2. The molecule has 1 unspecified atom stereocenters. The third-order valence-corrected chi connectivity index (χ3v) is 4.09. The van der Waals surface area contributed by atoms with Crippen molar-refractivity contribution in [3.05, 3.63) is 66.4 Å². The van der Waals surface area contributed by atoms with Gasteiger partial charge in [-0.05, 0) is 56.6 Å². The molecule has 0 bridgehead atoms. The fourth-order valence-electron chi connectivity index (χ4n) is 2.75. The van der Waals surface area contributed by atoms with Crippen molar-refractivity contribution in [2.75, 3.05) is 37.9 Å². The fourth-order valence-corrected chi connectivity index (χ4v) is 2.75. The number of hydrogen-bond donors (Lipinski definition) is 3. The number of aliphatic hydroxyl groups is 1. The predicted molar refractivity (Wildman–Crippen MR) is 116 cm³/mol. The second-order valence-corrected chi connectivity index (χ2v) is 6.92. The van der Waals surface area contributed by atoms with E-state index >= 15 is 0 Å². The van der Waals surface area contributed by atoms with E-state index in [2.05, 4.69) is 26.7 Å². The van der Waals surface area contributed by atoms with Gasteiger partial charge in [0.2, 0.25) is 5.95 Å². The summed E-state index contributed by atoms with van der Waals surface area (Å²) in [4.78, 5) is 10.6. The zero-order valence-corrected chi connectivity index (χ0v) is 16.9. The molecular formula is C22H24N6O2. The Morgan fingerprint density at radius 1 is 1.10 bits per heavy atom. The van der Waals surface area contributed by atoms with Gasteiger partial charge in [-0.15, -0.1) is 0 Å². The molecule has 1 heterocycles. The molecule has 3 N–H and O–H groups in total. The number of benzene rings is 2. The SMILES string of the molecule is CN(C)CC(O)COc1ccc(Nc2nccc(Nc3ccccc3C#N)n2)cc1. The quantitative estimate of drug-likeness (QED) is 0.499. The van der Waals surface area contributed by atoms with Crippen molar-refractivity contribution in [2.45, 2.75) is 6.10 Å². The van der Waals surface area contributed by atoms with Crippen LogP contribution in [0.15, 0.2) is 60.8 Å². The minimum absolute atomic E-state index is 0.228. The lowest BCUT2D eigenvalue weighted by Crippen LogP contribution is -2.30. The highest BCUT2D eigenvalue weighted by Gasteiger charge is 2.07. The van der Waals surface area contributed by atoms with Crippen molar-refractivity contribution < 1.29 is 9.84 Å². The van der Waals surface area contributed by atoms with E-state index in [9.17, 15) is 10.4 Å². The number of nitrogens with zero attached hydrogens (tertiary/aromatic N) is 4. The highest BCUT2D eigenvalue weighted by atomic mass is 16.5. The van der Waals surface area contributed by atoms with E-state index in [0.717, 1.165) is 5.69 Å². The van der Waals surface area contributed by atoms with E-state index in [1.54, 1.807) is 18.3 Å². The van der Waals surface area contributed by atoms with Gasteiger partial charge in [0.1, 0.15) is 30.3 Å². The van der Waals surface area contributed by atoms with E-state index in [1.165, 1.54) is 0 Å². The smallest absolute Gasteiger partial charge is 0.229 e. The average molecular weight is 404 g/mol. The first-order valence-corrected chi connectivity index (χ1v) is 9.45. The van der Waals surface area contributed by atoms with Gasteiger partial charge in [0.25, 0.3) is 0 Å². The third-order valence-electron chi connectivity index (χ3n) is 4.09. The molecule has 0 aliphatic carbocycles. The standard InChI is InChI=1S/C22H24N6O2/c1-28(2)14-18(29)15-30-19-9-7-17(8-10-19)25-22-24-12-11-21(27-22)26-20-6-4-3-5-16(20)13-23/h3-12,18,29H,14-15H2,1-2H3,(H2,24,25,26,27). The summed E-state index contributed by atoms with van der Waals surface area (Å²) in [7, 11) is 3.80. The summed E-state index contributed by atoms with van der Waals surface area (Å²) in [6.45, 7) is 0.770. The van der Waals surface area contributed by atoms with Crippen LogP contribution in [0.1, 0.15) is 5.56 Å². The van der Waals surface area contributed by atoms with Gasteiger partial charge in [-0.3, -0.25) is 0 Å². The van der Waals surface area contributed by atoms with Crippen LogP contribution in [0.3, 0.4) is 0 Å². The van der Waals surface area contributed by atoms with Crippen molar-refractivity contribution in [3.63, 3.8) is 0 Å². The van der Waals surface area contributed by atoms with Crippen LogP contribution in [-0.4, -0.2) is 53.3 Å². The minimum atomic E-state index is -0.549. The van der Waals surface area contributed by atoms with Crippen LogP contribution in [0.4, 0.5) is 23.1 Å². The van der Waals surface area contributed by atoms with E-state index in [0.29, 0.717) is 35.3 Å². The third kappa shape index (κ3) is 6.17. The van der Waals surface area contributed by atoms with Crippen LogP contribution in [-0.2, 0) is 0 Å². The largest absolute Gasteiger partial charge is 0.491 e. The molecule has 0 aliphatic rings. The number of aliphatic hydroxyl groups excluding tert-OH is 1. The Morgan fingerprint density at radius 3 is 2.60 bits per heavy atom. The average Bonchev–Trinajstić information content (AvgIpc) is 2.73. The van der Waals surface area contributed by atoms with E-state index in [4.69, 9.17) is 4.74 Å². The minimum Gasteiger partial charge on any atom is -0.491 e. The van der Waals surface area contributed by atoms with Crippen molar-refractivity contribution in [3.8, 4) is 11.8 Å². The number of para-hydroxylation sites is 1. The summed E-state index contributed by atoms with van der Waals surface area (Å²) >= 11 is 0. The summed E-state index contributed by atoms with van der Waals surface area (Å²) in [5, 5.41) is 25.4. The molecule has 30 heavy (non-hydrogen) atoms. The first kappa shape index (κ1) is 21.0. The van der Waals surface area contributed by atoms with Gasteiger partial charge >= 0.3 is 0 Å². The molecule has 0 amide bonds. The molecule has 0 aliphatic heterocycles. The van der Waals surface area contributed by atoms with E-state index in [-0.39, 0.29) is 6.61 Å². The first-order chi connectivity index (χ1) is 14.5. The van der Waals surface area contributed by atoms with Gasteiger partial charge in [-0.1, -0.05) is 12.1 Å². The maximum Gasteiger partial charge on any atom is 0.229 e. The van der Waals surface area contributed by atoms with Crippen molar-refractivity contribution in [1.82, 2.24) is 14.9 Å². The Balaban J connectivity index is 1.60. The molecular weight excluding hydrogens is 380 g/mol. The molecule has 0 radical (unpaired) electrons. The van der Waals surface area contributed by atoms with Crippen molar-refractivity contribution in [2.24, 2.45) is 0 Å². The molecule has 1 atom stereocenters. The molecule has 154 valence electrons. The van der Waals surface area contributed by atoms with E-state index in [1.807, 2.05) is 61.5 Å². The molecule has 2 aromatic carbocycles. The zero-order chi connectivity index (χ0) is 21.3. The lowest BCUT2D eigenvalue weighted by molar-refractivity contribution is 0.0831. The number of hydrogen-bond acceptors (Lipinski definition) is 8. The Morgan fingerprint density at radius 2 is 1.87 bits per heavy atom. The van der Waals surface area contributed by atoms with E-state index < -0.39 is 6.10 Å². The van der Waals surface area contributed by atoms with Crippen molar-refractivity contribution >= 4 is 23.1 Å². The topological polar surface area (TPSA) is 106 Å². The molecule has 0 spiro atoms. The molecule has 3 rings (SSSR count). The summed E-state index contributed by atoms with van der Waals surface area (Å²) in [6, 6.07) is 18.4. The van der Waals surface area contributed by atoms with Crippen LogP contribution >= 0.6 is 0 Å². The number of rotatable bonds is 9. The maximum atomic E-state index is 9.88. The van der Waals surface area contributed by atoms with Gasteiger partial charge in [0.15, 0.2) is 0 Å². The zero-order valence-electron chi connectivity index (χ0n) is 16.9. The van der Waals surface area contributed by atoms with Crippen LogP contribution in [0, 0.1) is 11.3 Å². The highest BCUT2D eigenvalue weighted by Crippen LogP contribution is 2.21. The maximum absolute atomic E-state index is 9.88. The second-order valence-electron chi connectivity index (χ2n) is 6.92. The molecule has 3 aromatic rings. The molecule has 0 saturated heterocycles. The van der Waals surface area contributed by atoms with Gasteiger partial charge in [-0.2, -0.15) is 10.2 Å². The number of likely N-dealkylation sites (N-methyl/N-ethyl adjacent to an activating group) is 1. The first-order valence-electron chi connectivity index (χ1n) is 9.45. The van der Waals surface area contributed by atoms with Crippen molar-refractivity contribution in [1.29, 1.82) is 5.26 Å². The van der Waals surface area contributed by atoms with Crippen LogP contribution in [0.2, 0.25) is 0 Å². The van der Waals surface area contributed by atoms with Gasteiger partial charge < -0.3 is 25.4 Å². The van der Waals surface area contributed by atoms with Gasteiger partial charge in [-0.25, -0.2) is 4.98 Å². The lowest BCUT2D eigenvalue weighted by Gasteiger charge is -2.16. The van der Waals surface area contributed by atoms with Crippen LogP contribution in [0.5, 0.6) is 5.75 Å². The summed E-state index contributed by atoms with van der Waals surface area (Å²) in [5.41, 5.74) is 2.02. The summed E-state index contributed by atoms with van der Waals surface area (Å²) in [5.74, 6) is 1.66. The number of aromatic nitrogens is 2. The summed E-state index contributed by atoms with van der Waals surface area (Å²) in [6.07, 6.45) is 1.09. The highest BCUT2D eigenvalue weighted by molar-refractivity contribution is 5.65. The fraction of sp³-hybridized carbons (Fsp3) is 0.227. The number of nitrogens with one attached hydrogen (secondary N) is 2. The Labute approximate surface area is 175 Å². The van der Waals surface area contributed by atoms with Gasteiger partial charge in [0.05, 0.1) is 11.3 Å². The molecule has 8 nitrogen and oxygen atoms in total.